The summed E-state index contributed by atoms with van der Waals surface area (Å²) in [4.78, 5) is 38.6. The van der Waals surface area contributed by atoms with Crippen LogP contribution in [-0.2, 0) is 29.0 Å². The molecule has 0 spiro atoms. The lowest BCUT2D eigenvalue weighted by Gasteiger charge is -2.13. The van der Waals surface area contributed by atoms with Crippen molar-refractivity contribution >= 4 is 29.2 Å². The zero-order chi connectivity index (χ0) is 20.7. The predicted octanol–water partition coefficient (Wildman–Crippen LogP) is 0.846. The zero-order valence-corrected chi connectivity index (χ0v) is 15.8. The minimum absolute atomic E-state index is 0.260. The first-order valence-corrected chi connectivity index (χ1v) is 8.71. The summed E-state index contributed by atoms with van der Waals surface area (Å²) in [6.07, 6.45) is 2.95. The van der Waals surface area contributed by atoms with Crippen LogP contribution in [-0.4, -0.2) is 22.7 Å². The molecule has 0 fully saturated rings. The molecule has 2 rings (SSSR count). The Labute approximate surface area is 162 Å². The highest BCUT2D eigenvalue weighted by Gasteiger charge is 2.11. The molecule has 1 aromatic heterocycles. The third-order valence-electron chi connectivity index (χ3n) is 4.05. The third kappa shape index (κ3) is 5.60. The smallest absolute Gasteiger partial charge is 0.265 e. The Bertz CT molecular complexity index is 897. The molecule has 0 saturated carbocycles. The topological polar surface area (TPSA) is 152 Å². The van der Waals surface area contributed by atoms with E-state index in [1.165, 1.54) is 13.8 Å². The van der Waals surface area contributed by atoms with Crippen molar-refractivity contribution in [2.45, 2.75) is 33.2 Å². The Hall–Kier alpha value is -3.30. The number of nitrogens with two attached hydrogens (primary N) is 2. The van der Waals surface area contributed by atoms with Crippen molar-refractivity contribution in [1.29, 1.82) is 0 Å². The van der Waals surface area contributed by atoms with Crippen LogP contribution in [0.3, 0.4) is 0 Å². The van der Waals surface area contributed by atoms with E-state index in [4.69, 9.17) is 11.6 Å². The van der Waals surface area contributed by atoms with Gasteiger partial charge in [0.15, 0.2) is 5.82 Å². The van der Waals surface area contributed by atoms with Crippen LogP contribution in [0.15, 0.2) is 30.5 Å². The van der Waals surface area contributed by atoms with Gasteiger partial charge in [0.1, 0.15) is 0 Å². The van der Waals surface area contributed by atoms with E-state index in [1.54, 1.807) is 24.4 Å². The number of nitrogens with one attached hydrogen (secondary N) is 3. The van der Waals surface area contributed by atoms with Gasteiger partial charge < -0.3 is 16.4 Å². The lowest BCUT2D eigenvalue weighted by Crippen LogP contribution is -2.30. The number of aryl methyl sites for hydroxylation is 2. The predicted molar refractivity (Wildman–Crippen MR) is 106 cm³/mol. The van der Waals surface area contributed by atoms with E-state index >= 15 is 0 Å². The first-order valence-electron chi connectivity index (χ1n) is 8.71. The van der Waals surface area contributed by atoms with Gasteiger partial charge in [-0.2, -0.15) is 0 Å². The van der Waals surface area contributed by atoms with Gasteiger partial charge in [-0.1, -0.05) is 6.07 Å². The fraction of sp³-hybridized carbons (Fsp3) is 0.263. The number of amides is 3. The summed E-state index contributed by atoms with van der Waals surface area (Å²) in [5, 5.41) is 5.26. The van der Waals surface area contributed by atoms with Gasteiger partial charge in [0.2, 0.25) is 11.8 Å². The minimum Gasteiger partial charge on any atom is -0.326 e. The van der Waals surface area contributed by atoms with Crippen LogP contribution in [0, 0.1) is 0 Å². The Balaban J connectivity index is 2.20. The largest absolute Gasteiger partial charge is 0.326 e. The fourth-order valence-electron chi connectivity index (χ4n) is 2.76. The van der Waals surface area contributed by atoms with Gasteiger partial charge in [-0.25, -0.2) is 10.8 Å². The molecule has 0 aliphatic rings. The lowest BCUT2D eigenvalue weighted by atomic mass is 9.98. The third-order valence-corrected chi connectivity index (χ3v) is 4.05. The standard InChI is InChI=1S/C19H24N6O3/c1-11(26)23-17-7-13(10-22-18(17)24-12(2)27)3-4-14-5-6-15(19(28)25-21)8-16(14)9-20/h5-8,10H,3-4,9,20-21H2,1-2H3,(H,23,26)(H,25,28)(H,22,24,27). The summed E-state index contributed by atoms with van der Waals surface area (Å²) in [5.74, 6) is 4.55. The number of hydrogen-bond acceptors (Lipinski definition) is 6. The monoisotopic (exact) mass is 384 g/mol. The summed E-state index contributed by atoms with van der Waals surface area (Å²) in [5.41, 5.74) is 11.5. The molecule has 148 valence electrons. The van der Waals surface area contributed by atoms with Gasteiger partial charge >= 0.3 is 0 Å². The molecular weight excluding hydrogens is 360 g/mol. The molecular formula is C19H24N6O3. The molecule has 2 aromatic rings. The Kier molecular flexibility index (Phi) is 7.19. The summed E-state index contributed by atoms with van der Waals surface area (Å²) < 4.78 is 0. The molecule has 28 heavy (non-hydrogen) atoms. The Morgan fingerprint density at radius 1 is 1.00 bits per heavy atom. The summed E-state index contributed by atoms with van der Waals surface area (Å²) in [6.45, 7) is 3.05. The molecule has 1 heterocycles. The van der Waals surface area contributed by atoms with Gasteiger partial charge in [-0.05, 0) is 47.7 Å². The average Bonchev–Trinajstić information content (AvgIpc) is 2.66. The molecule has 3 amide bonds. The van der Waals surface area contributed by atoms with E-state index in [-0.39, 0.29) is 24.3 Å². The van der Waals surface area contributed by atoms with E-state index in [0.717, 1.165) is 16.7 Å². The van der Waals surface area contributed by atoms with Gasteiger partial charge in [-0.15, -0.1) is 0 Å². The first-order chi connectivity index (χ1) is 13.3. The van der Waals surface area contributed by atoms with Crippen molar-refractivity contribution in [3.63, 3.8) is 0 Å². The van der Waals surface area contributed by atoms with Crippen molar-refractivity contribution in [2.75, 3.05) is 10.6 Å². The number of nitrogens with zero attached hydrogens (tertiary/aromatic N) is 1. The maximum atomic E-state index is 11.7. The van der Waals surface area contributed by atoms with E-state index in [0.29, 0.717) is 29.9 Å². The van der Waals surface area contributed by atoms with Crippen molar-refractivity contribution in [3.05, 3.63) is 52.7 Å². The number of carbonyl (C=O) groups excluding carboxylic acids is 3. The number of pyridine rings is 1. The summed E-state index contributed by atoms with van der Waals surface area (Å²) in [7, 11) is 0. The number of benzene rings is 1. The van der Waals surface area contributed by atoms with Gasteiger partial charge in [0.25, 0.3) is 5.91 Å². The van der Waals surface area contributed by atoms with Gasteiger partial charge in [0, 0.05) is 32.2 Å². The molecule has 9 heteroatoms. The number of carbonyl (C=O) groups is 3. The number of anilines is 2. The van der Waals surface area contributed by atoms with Crippen LogP contribution >= 0.6 is 0 Å². The summed E-state index contributed by atoms with van der Waals surface area (Å²) >= 11 is 0. The van der Waals surface area contributed by atoms with Crippen LogP contribution in [0.5, 0.6) is 0 Å². The average molecular weight is 384 g/mol. The Morgan fingerprint density at radius 3 is 2.32 bits per heavy atom. The van der Waals surface area contributed by atoms with E-state index < -0.39 is 0 Å². The van der Waals surface area contributed by atoms with Crippen molar-refractivity contribution in [1.82, 2.24) is 10.4 Å². The quantitative estimate of drug-likeness (QED) is 0.271. The van der Waals surface area contributed by atoms with E-state index in [9.17, 15) is 14.4 Å². The van der Waals surface area contributed by atoms with E-state index in [1.807, 2.05) is 6.07 Å². The van der Waals surface area contributed by atoms with Crippen molar-refractivity contribution in [3.8, 4) is 0 Å². The first kappa shape index (κ1) is 21.0. The molecule has 9 nitrogen and oxygen atoms in total. The summed E-state index contributed by atoms with van der Waals surface area (Å²) in [6, 6.07) is 7.04. The van der Waals surface area contributed by atoms with Gasteiger partial charge in [0.05, 0.1) is 5.69 Å². The highest BCUT2D eigenvalue weighted by Crippen LogP contribution is 2.22. The molecule has 0 saturated heterocycles. The van der Waals surface area contributed by atoms with Crippen LogP contribution in [0.4, 0.5) is 11.5 Å². The zero-order valence-electron chi connectivity index (χ0n) is 15.8. The molecule has 0 unspecified atom stereocenters. The lowest BCUT2D eigenvalue weighted by molar-refractivity contribution is -0.115. The minimum atomic E-state index is -0.376. The second-order valence-electron chi connectivity index (χ2n) is 6.26. The normalized spacial score (nSPS) is 10.3. The number of hydrogen-bond donors (Lipinski definition) is 5. The van der Waals surface area contributed by atoms with Crippen LogP contribution in [0.25, 0.3) is 0 Å². The molecule has 0 aliphatic carbocycles. The molecule has 0 atom stereocenters. The number of nitrogen functional groups attached to an aromatic ring is 1. The van der Waals surface area contributed by atoms with Crippen LogP contribution in [0.1, 0.15) is 40.9 Å². The van der Waals surface area contributed by atoms with Crippen molar-refractivity contribution in [2.24, 2.45) is 11.6 Å². The van der Waals surface area contributed by atoms with Gasteiger partial charge in [-0.3, -0.25) is 19.8 Å². The SMILES string of the molecule is CC(=O)Nc1cc(CCc2ccc(C(=O)NN)cc2CN)cnc1NC(C)=O. The van der Waals surface area contributed by atoms with Crippen LogP contribution in [0.2, 0.25) is 0 Å². The second-order valence-corrected chi connectivity index (χ2v) is 6.26. The number of rotatable bonds is 7. The van der Waals surface area contributed by atoms with Crippen molar-refractivity contribution < 1.29 is 14.4 Å². The number of hydrazine groups is 1. The highest BCUT2D eigenvalue weighted by molar-refractivity contribution is 5.97. The van der Waals surface area contributed by atoms with E-state index in [2.05, 4.69) is 21.0 Å². The molecule has 0 bridgehead atoms. The molecule has 1 aromatic carbocycles. The highest BCUT2D eigenvalue weighted by atomic mass is 16.2. The Morgan fingerprint density at radius 2 is 1.71 bits per heavy atom. The molecule has 7 N–H and O–H groups in total. The molecule has 0 radical (unpaired) electrons. The fourth-order valence-corrected chi connectivity index (χ4v) is 2.76. The number of aromatic nitrogens is 1. The maximum absolute atomic E-state index is 11.7. The molecule has 0 aliphatic heterocycles. The maximum Gasteiger partial charge on any atom is 0.265 e. The second kappa shape index (κ2) is 9.58. The van der Waals surface area contributed by atoms with Crippen LogP contribution < -0.4 is 27.6 Å².